The molecule has 116 valence electrons. The lowest BCUT2D eigenvalue weighted by Crippen LogP contribution is -2.53. The first-order valence-electron chi connectivity index (χ1n) is 7.98. The van der Waals surface area contributed by atoms with E-state index >= 15 is 0 Å². The summed E-state index contributed by atoms with van der Waals surface area (Å²) in [7, 11) is 0. The first-order chi connectivity index (χ1) is 9.39. The molecule has 0 saturated carbocycles. The molecule has 3 nitrogen and oxygen atoms in total. The van der Waals surface area contributed by atoms with Gasteiger partial charge in [0.15, 0.2) is 0 Å². The third kappa shape index (κ3) is 3.51. The van der Waals surface area contributed by atoms with E-state index in [4.69, 9.17) is 18.0 Å². The quantitative estimate of drug-likeness (QED) is 0.765. The minimum atomic E-state index is -0.612. The molecule has 2 atom stereocenters. The highest BCUT2D eigenvalue weighted by Crippen LogP contribution is 2.35. The summed E-state index contributed by atoms with van der Waals surface area (Å²) in [6, 6.07) is 0. The van der Waals surface area contributed by atoms with Gasteiger partial charge in [-0.25, -0.2) is 0 Å². The third-order valence-electron chi connectivity index (χ3n) is 4.86. The topological polar surface area (TPSA) is 46.3 Å². The number of piperidine rings is 1. The van der Waals surface area contributed by atoms with Crippen LogP contribution in [0, 0.1) is 17.3 Å². The molecule has 0 radical (unpaired) electrons. The summed E-state index contributed by atoms with van der Waals surface area (Å²) in [5.74, 6) is 1.42. The number of hydrogen-bond donors (Lipinski definition) is 1. The summed E-state index contributed by atoms with van der Waals surface area (Å²) in [5.41, 5.74) is 5.39. The molecule has 20 heavy (non-hydrogen) atoms. The third-order valence-corrected chi connectivity index (χ3v) is 5.25. The van der Waals surface area contributed by atoms with Crippen LogP contribution in [-0.4, -0.2) is 28.9 Å². The van der Waals surface area contributed by atoms with Gasteiger partial charge in [-0.3, -0.25) is 4.79 Å². The van der Waals surface area contributed by atoms with Crippen molar-refractivity contribution in [2.45, 2.75) is 59.8 Å². The van der Waals surface area contributed by atoms with Gasteiger partial charge in [0, 0.05) is 13.1 Å². The van der Waals surface area contributed by atoms with Crippen molar-refractivity contribution in [3.63, 3.8) is 0 Å². The predicted octanol–water partition coefficient (Wildman–Crippen LogP) is 3.36. The van der Waals surface area contributed by atoms with Crippen LogP contribution >= 0.6 is 12.2 Å². The molecule has 0 spiro atoms. The van der Waals surface area contributed by atoms with Crippen molar-refractivity contribution in [1.82, 2.24) is 4.90 Å². The molecule has 1 fully saturated rings. The van der Waals surface area contributed by atoms with Gasteiger partial charge in [-0.2, -0.15) is 0 Å². The Hall–Kier alpha value is -0.640. The largest absolute Gasteiger partial charge is 0.392 e. The fourth-order valence-electron chi connectivity index (χ4n) is 3.29. The molecule has 0 aromatic heterocycles. The molecule has 1 heterocycles. The summed E-state index contributed by atoms with van der Waals surface area (Å²) in [6.07, 6.45) is 4.50. The number of nitrogens with two attached hydrogens (primary N) is 1. The van der Waals surface area contributed by atoms with Crippen LogP contribution in [0.4, 0.5) is 0 Å². The van der Waals surface area contributed by atoms with Crippen molar-refractivity contribution in [3.05, 3.63) is 0 Å². The SMILES string of the molecule is CCCC(CCC)(C(=O)N1CCC(C)C(C)C1)C(N)=S. The normalized spacial score (nSPS) is 23.7. The van der Waals surface area contributed by atoms with Crippen LogP contribution in [0.2, 0.25) is 0 Å². The van der Waals surface area contributed by atoms with E-state index in [0.29, 0.717) is 16.8 Å². The van der Waals surface area contributed by atoms with Gasteiger partial charge in [0.05, 0.1) is 10.4 Å². The molecule has 2 N–H and O–H groups in total. The van der Waals surface area contributed by atoms with Gasteiger partial charge in [-0.05, 0) is 31.1 Å². The van der Waals surface area contributed by atoms with Crippen molar-refractivity contribution in [1.29, 1.82) is 0 Å². The molecule has 2 unspecified atom stereocenters. The fraction of sp³-hybridized carbons (Fsp3) is 0.875. The van der Waals surface area contributed by atoms with Gasteiger partial charge >= 0.3 is 0 Å². The van der Waals surface area contributed by atoms with Crippen LogP contribution in [0.25, 0.3) is 0 Å². The van der Waals surface area contributed by atoms with E-state index in [1.54, 1.807) is 0 Å². The fourth-order valence-corrected chi connectivity index (χ4v) is 3.59. The zero-order valence-corrected chi connectivity index (χ0v) is 14.3. The molecular formula is C16H30N2OS. The Morgan fingerprint density at radius 3 is 2.20 bits per heavy atom. The number of likely N-dealkylation sites (tertiary alicyclic amines) is 1. The molecule has 4 heteroatoms. The Morgan fingerprint density at radius 2 is 1.80 bits per heavy atom. The lowest BCUT2D eigenvalue weighted by atomic mass is 9.76. The average Bonchev–Trinajstić information content (AvgIpc) is 2.40. The molecule has 0 aliphatic carbocycles. The zero-order valence-electron chi connectivity index (χ0n) is 13.4. The Labute approximate surface area is 129 Å². The van der Waals surface area contributed by atoms with Gasteiger partial charge in [-0.1, -0.05) is 52.8 Å². The number of rotatable bonds is 6. The first kappa shape index (κ1) is 17.4. The number of nitrogens with zero attached hydrogens (tertiary/aromatic N) is 1. The maximum atomic E-state index is 13.1. The number of amides is 1. The second-order valence-electron chi connectivity index (χ2n) is 6.44. The Kier molecular flexibility index (Phi) is 6.44. The van der Waals surface area contributed by atoms with Crippen LogP contribution in [0.3, 0.4) is 0 Å². The summed E-state index contributed by atoms with van der Waals surface area (Å²) < 4.78 is 0. The van der Waals surface area contributed by atoms with E-state index in [9.17, 15) is 4.79 Å². The smallest absolute Gasteiger partial charge is 0.235 e. The van der Waals surface area contributed by atoms with Gasteiger partial charge < -0.3 is 10.6 Å². The highest BCUT2D eigenvalue weighted by atomic mass is 32.1. The standard InChI is InChI=1S/C16H30N2OS/c1-5-8-16(9-6-2,14(17)20)15(19)18-10-7-12(3)13(4)11-18/h12-13H,5-11H2,1-4H3,(H2,17,20). The van der Waals surface area contributed by atoms with E-state index in [-0.39, 0.29) is 5.91 Å². The zero-order chi connectivity index (χ0) is 15.3. The molecule has 0 bridgehead atoms. The van der Waals surface area contributed by atoms with Crippen molar-refractivity contribution in [2.75, 3.05) is 13.1 Å². The minimum Gasteiger partial charge on any atom is -0.392 e. The van der Waals surface area contributed by atoms with Crippen LogP contribution < -0.4 is 5.73 Å². The van der Waals surface area contributed by atoms with Crippen LogP contribution in [0.15, 0.2) is 0 Å². The molecular weight excluding hydrogens is 268 g/mol. The highest BCUT2D eigenvalue weighted by molar-refractivity contribution is 7.80. The summed E-state index contributed by atoms with van der Waals surface area (Å²) in [4.78, 5) is 15.4. The summed E-state index contributed by atoms with van der Waals surface area (Å²) in [6.45, 7) is 10.4. The van der Waals surface area contributed by atoms with E-state index in [0.717, 1.165) is 45.2 Å². The predicted molar refractivity (Wildman–Crippen MR) is 88.6 cm³/mol. The molecule has 1 saturated heterocycles. The summed E-state index contributed by atoms with van der Waals surface area (Å²) >= 11 is 5.29. The lowest BCUT2D eigenvalue weighted by molar-refractivity contribution is -0.141. The number of hydrogen-bond acceptors (Lipinski definition) is 2. The van der Waals surface area contributed by atoms with Crippen LogP contribution in [-0.2, 0) is 4.79 Å². The average molecular weight is 298 g/mol. The number of carbonyl (C=O) groups is 1. The van der Waals surface area contributed by atoms with E-state index in [2.05, 4.69) is 27.7 Å². The van der Waals surface area contributed by atoms with Crippen molar-refractivity contribution in [2.24, 2.45) is 23.0 Å². The van der Waals surface area contributed by atoms with Gasteiger partial charge in [0.1, 0.15) is 0 Å². The molecule has 1 aliphatic rings. The molecule has 0 aromatic rings. The summed E-state index contributed by atoms with van der Waals surface area (Å²) in [5, 5.41) is 0. The van der Waals surface area contributed by atoms with Crippen molar-refractivity contribution in [3.8, 4) is 0 Å². The van der Waals surface area contributed by atoms with Gasteiger partial charge in [0.2, 0.25) is 5.91 Å². The van der Waals surface area contributed by atoms with E-state index < -0.39 is 5.41 Å². The van der Waals surface area contributed by atoms with Crippen LogP contribution in [0.1, 0.15) is 59.8 Å². The number of carbonyl (C=O) groups excluding carboxylic acids is 1. The van der Waals surface area contributed by atoms with Crippen molar-refractivity contribution < 1.29 is 4.79 Å². The molecule has 1 rings (SSSR count). The maximum absolute atomic E-state index is 13.1. The maximum Gasteiger partial charge on any atom is 0.235 e. The van der Waals surface area contributed by atoms with E-state index in [1.807, 2.05) is 4.90 Å². The highest BCUT2D eigenvalue weighted by Gasteiger charge is 2.43. The van der Waals surface area contributed by atoms with Crippen LogP contribution in [0.5, 0.6) is 0 Å². The minimum absolute atomic E-state index is 0.174. The Balaban J connectivity index is 2.95. The first-order valence-corrected chi connectivity index (χ1v) is 8.39. The molecule has 0 aromatic carbocycles. The molecule has 1 amide bonds. The van der Waals surface area contributed by atoms with Gasteiger partial charge in [-0.15, -0.1) is 0 Å². The Bertz CT molecular complexity index is 350. The van der Waals surface area contributed by atoms with Crippen molar-refractivity contribution >= 4 is 23.1 Å². The second kappa shape index (κ2) is 7.39. The van der Waals surface area contributed by atoms with Gasteiger partial charge in [0.25, 0.3) is 0 Å². The van der Waals surface area contributed by atoms with E-state index in [1.165, 1.54) is 0 Å². The lowest BCUT2D eigenvalue weighted by Gasteiger charge is -2.41. The molecule has 1 aliphatic heterocycles. The Morgan fingerprint density at radius 1 is 1.25 bits per heavy atom. The number of thiocarbonyl (C=S) groups is 1. The second-order valence-corrected chi connectivity index (χ2v) is 6.88. The monoisotopic (exact) mass is 298 g/mol.